The van der Waals surface area contributed by atoms with Crippen LogP contribution in [0.4, 0.5) is 17.6 Å². The van der Waals surface area contributed by atoms with Crippen molar-refractivity contribution in [3.63, 3.8) is 0 Å². The molecule has 0 aliphatic heterocycles. The Balaban J connectivity index is 2.25. The molecule has 23 heavy (non-hydrogen) atoms. The highest BCUT2D eigenvalue weighted by atomic mass is 19.2. The lowest BCUT2D eigenvalue weighted by Crippen LogP contribution is -1.92. The highest BCUT2D eigenvalue weighted by molar-refractivity contribution is 5.53. The zero-order valence-corrected chi connectivity index (χ0v) is 12.5. The Kier molecular flexibility index (Phi) is 5.59. The fraction of sp³-hybridized carbons (Fsp3) is 0.158. The van der Waals surface area contributed by atoms with E-state index in [4.69, 9.17) is 0 Å². The molecule has 118 valence electrons. The molecule has 0 bridgehead atoms. The summed E-state index contributed by atoms with van der Waals surface area (Å²) in [6, 6.07) is 6.06. The Morgan fingerprint density at radius 1 is 0.913 bits per heavy atom. The average molecular weight is 318 g/mol. The fourth-order valence-electron chi connectivity index (χ4n) is 1.89. The smallest absolute Gasteiger partial charge is 0.194 e. The van der Waals surface area contributed by atoms with Gasteiger partial charge in [-0.15, -0.1) is 0 Å². The lowest BCUT2D eigenvalue weighted by Gasteiger charge is -1.98. The molecule has 0 saturated carbocycles. The van der Waals surface area contributed by atoms with Crippen LogP contribution in [-0.2, 0) is 0 Å². The number of unbranched alkanes of at least 4 members (excludes halogenated alkanes) is 1. The first kappa shape index (κ1) is 16.8. The van der Waals surface area contributed by atoms with Gasteiger partial charge in [-0.05, 0) is 36.2 Å². The SMILES string of the molecule is CCCC=Cc1ccc(C#Cc2cc(F)c(F)c(F)c2)c(F)c1. The topological polar surface area (TPSA) is 0 Å². The van der Waals surface area contributed by atoms with Gasteiger partial charge in [0.05, 0.1) is 5.56 Å². The standard InChI is InChI=1S/C19H14F4/c1-2-3-4-5-13-6-8-15(16(20)10-13)9-7-14-11-17(21)19(23)18(22)12-14/h4-6,8,10-12H,2-3H2,1H3. The van der Waals surface area contributed by atoms with E-state index in [1.165, 1.54) is 12.1 Å². The third-order valence-electron chi connectivity index (χ3n) is 3.08. The second kappa shape index (κ2) is 7.64. The molecule has 0 fully saturated rings. The zero-order valence-electron chi connectivity index (χ0n) is 12.5. The van der Waals surface area contributed by atoms with Crippen LogP contribution in [0.2, 0.25) is 0 Å². The van der Waals surface area contributed by atoms with E-state index >= 15 is 0 Å². The molecule has 0 N–H and O–H groups in total. The van der Waals surface area contributed by atoms with Crippen LogP contribution in [0.15, 0.2) is 36.4 Å². The molecule has 0 saturated heterocycles. The first-order chi connectivity index (χ1) is 11.0. The summed E-state index contributed by atoms with van der Waals surface area (Å²) in [5, 5.41) is 0. The van der Waals surface area contributed by atoms with Gasteiger partial charge in [-0.1, -0.05) is 43.4 Å². The maximum atomic E-state index is 13.9. The van der Waals surface area contributed by atoms with Gasteiger partial charge < -0.3 is 0 Å². The van der Waals surface area contributed by atoms with Gasteiger partial charge in [0.15, 0.2) is 17.5 Å². The summed E-state index contributed by atoms with van der Waals surface area (Å²) in [7, 11) is 0. The zero-order chi connectivity index (χ0) is 16.8. The van der Waals surface area contributed by atoms with Crippen molar-refractivity contribution in [2.24, 2.45) is 0 Å². The molecule has 0 radical (unpaired) electrons. The molecular weight excluding hydrogens is 304 g/mol. The molecule has 2 rings (SSSR count). The quantitative estimate of drug-likeness (QED) is 0.401. The summed E-state index contributed by atoms with van der Waals surface area (Å²) < 4.78 is 52.9. The van der Waals surface area contributed by atoms with Crippen LogP contribution in [0.25, 0.3) is 6.08 Å². The first-order valence-electron chi connectivity index (χ1n) is 7.14. The summed E-state index contributed by atoms with van der Waals surface area (Å²) in [4.78, 5) is 0. The van der Waals surface area contributed by atoms with E-state index in [2.05, 4.69) is 11.8 Å². The first-order valence-corrected chi connectivity index (χ1v) is 7.14. The van der Waals surface area contributed by atoms with Gasteiger partial charge >= 0.3 is 0 Å². The van der Waals surface area contributed by atoms with Crippen molar-refractivity contribution in [1.82, 2.24) is 0 Å². The molecular formula is C19H14F4. The number of hydrogen-bond donors (Lipinski definition) is 0. The summed E-state index contributed by atoms with van der Waals surface area (Å²) in [6.45, 7) is 2.05. The van der Waals surface area contributed by atoms with Gasteiger partial charge in [0, 0.05) is 5.56 Å². The van der Waals surface area contributed by atoms with Crippen molar-refractivity contribution < 1.29 is 17.6 Å². The molecule has 2 aromatic rings. The summed E-state index contributed by atoms with van der Waals surface area (Å²) in [5.41, 5.74) is 0.746. The Morgan fingerprint density at radius 2 is 1.61 bits per heavy atom. The molecule has 0 heterocycles. The Hall–Kier alpha value is -2.54. The third kappa shape index (κ3) is 4.46. The molecule has 0 aliphatic rings. The van der Waals surface area contributed by atoms with E-state index in [0.29, 0.717) is 5.56 Å². The largest absolute Gasteiger partial charge is 0.206 e. The molecule has 0 amide bonds. The van der Waals surface area contributed by atoms with E-state index in [1.807, 2.05) is 19.1 Å². The van der Waals surface area contributed by atoms with Crippen LogP contribution < -0.4 is 0 Å². The molecule has 2 aromatic carbocycles. The highest BCUT2D eigenvalue weighted by Crippen LogP contribution is 2.14. The minimum atomic E-state index is -1.55. The molecule has 0 aliphatic carbocycles. The number of rotatable bonds is 3. The van der Waals surface area contributed by atoms with E-state index < -0.39 is 23.3 Å². The van der Waals surface area contributed by atoms with Gasteiger partial charge in [0.25, 0.3) is 0 Å². The van der Waals surface area contributed by atoms with Gasteiger partial charge in [-0.25, -0.2) is 17.6 Å². The monoisotopic (exact) mass is 318 g/mol. The van der Waals surface area contributed by atoms with Crippen molar-refractivity contribution in [2.45, 2.75) is 19.8 Å². The predicted molar refractivity (Wildman–Crippen MR) is 82.6 cm³/mol. The van der Waals surface area contributed by atoms with Crippen molar-refractivity contribution >= 4 is 6.08 Å². The Morgan fingerprint density at radius 3 is 2.22 bits per heavy atom. The van der Waals surface area contributed by atoms with Crippen LogP contribution >= 0.6 is 0 Å². The summed E-state index contributed by atoms with van der Waals surface area (Å²) >= 11 is 0. The van der Waals surface area contributed by atoms with Crippen molar-refractivity contribution in [1.29, 1.82) is 0 Å². The molecule has 0 spiro atoms. The van der Waals surface area contributed by atoms with Gasteiger partial charge in [-0.2, -0.15) is 0 Å². The Bertz CT molecular complexity index is 772. The maximum Gasteiger partial charge on any atom is 0.194 e. The highest BCUT2D eigenvalue weighted by Gasteiger charge is 2.09. The number of benzene rings is 2. The van der Waals surface area contributed by atoms with E-state index in [1.54, 1.807) is 6.07 Å². The second-order valence-electron chi connectivity index (χ2n) is 4.93. The molecule has 4 heteroatoms. The average Bonchev–Trinajstić information content (AvgIpc) is 2.52. The maximum absolute atomic E-state index is 13.9. The lowest BCUT2D eigenvalue weighted by molar-refractivity contribution is 0.446. The van der Waals surface area contributed by atoms with Crippen LogP contribution in [0, 0.1) is 35.1 Å². The lowest BCUT2D eigenvalue weighted by atomic mass is 10.1. The van der Waals surface area contributed by atoms with Crippen LogP contribution in [-0.4, -0.2) is 0 Å². The number of hydrogen-bond acceptors (Lipinski definition) is 0. The van der Waals surface area contributed by atoms with Crippen LogP contribution in [0.5, 0.6) is 0 Å². The normalized spacial score (nSPS) is 10.7. The molecule has 0 aromatic heterocycles. The number of halogens is 4. The molecule has 0 unspecified atom stereocenters. The van der Waals surface area contributed by atoms with Crippen molar-refractivity contribution in [3.05, 3.63) is 76.4 Å². The summed E-state index contributed by atoms with van der Waals surface area (Å²) in [5.74, 6) is 0.186. The fourth-order valence-corrected chi connectivity index (χ4v) is 1.89. The van der Waals surface area contributed by atoms with E-state index in [0.717, 1.165) is 25.0 Å². The van der Waals surface area contributed by atoms with Gasteiger partial charge in [0.2, 0.25) is 0 Å². The summed E-state index contributed by atoms with van der Waals surface area (Å²) in [6.07, 6.45) is 5.68. The minimum Gasteiger partial charge on any atom is -0.206 e. The Labute approximate surface area is 132 Å². The third-order valence-corrected chi connectivity index (χ3v) is 3.08. The second-order valence-corrected chi connectivity index (χ2v) is 4.93. The molecule has 0 atom stereocenters. The van der Waals surface area contributed by atoms with Gasteiger partial charge in [0.1, 0.15) is 5.82 Å². The van der Waals surface area contributed by atoms with Crippen molar-refractivity contribution in [2.75, 3.05) is 0 Å². The number of allylic oxidation sites excluding steroid dienone is 1. The predicted octanol–water partition coefficient (Wildman–Crippen LogP) is 5.46. The van der Waals surface area contributed by atoms with Crippen LogP contribution in [0.1, 0.15) is 36.5 Å². The van der Waals surface area contributed by atoms with Gasteiger partial charge in [-0.3, -0.25) is 0 Å². The van der Waals surface area contributed by atoms with Crippen LogP contribution in [0.3, 0.4) is 0 Å². The van der Waals surface area contributed by atoms with Crippen molar-refractivity contribution in [3.8, 4) is 11.8 Å². The van der Waals surface area contributed by atoms with E-state index in [-0.39, 0.29) is 11.1 Å². The minimum absolute atomic E-state index is 0.0623. The molecule has 0 nitrogen and oxygen atoms in total. The van der Waals surface area contributed by atoms with E-state index in [9.17, 15) is 17.6 Å².